The number of hydrogen-bond donors (Lipinski definition) is 1. The van der Waals surface area contributed by atoms with Gasteiger partial charge in [-0.1, -0.05) is 30.3 Å². The van der Waals surface area contributed by atoms with E-state index in [4.69, 9.17) is 9.47 Å². The fraction of sp³-hybridized carbons (Fsp3) is 0.455. The summed E-state index contributed by atoms with van der Waals surface area (Å²) in [4.78, 5) is 2.20. The average Bonchev–Trinajstić information content (AvgIpc) is 3.08. The van der Waals surface area contributed by atoms with Crippen LogP contribution in [0.15, 0.2) is 55.3 Å². The molecule has 0 fully saturated rings. The van der Waals surface area contributed by atoms with Gasteiger partial charge < -0.3 is 19.1 Å². The van der Waals surface area contributed by atoms with Crippen molar-refractivity contribution in [3.05, 3.63) is 72.1 Å². The molecule has 0 aliphatic rings. The van der Waals surface area contributed by atoms with Gasteiger partial charge in [0, 0.05) is 45.2 Å². The van der Waals surface area contributed by atoms with Gasteiger partial charge in [0.2, 0.25) is 0 Å². The van der Waals surface area contributed by atoms with Gasteiger partial charge in [0.15, 0.2) is 0 Å². The molecule has 5 heteroatoms. The first kappa shape index (κ1) is 21.4. The smallest absolute Gasteiger partial charge is 0.0900 e. The van der Waals surface area contributed by atoms with Gasteiger partial charge in [0.1, 0.15) is 0 Å². The zero-order valence-electron chi connectivity index (χ0n) is 16.5. The molecule has 1 N–H and O–H groups in total. The SMILES string of the molecule is C=CCOCC(O)CN(CCOC)Cc1cccn1Cc1ccccc1C. The van der Waals surface area contributed by atoms with E-state index in [9.17, 15) is 5.11 Å². The van der Waals surface area contributed by atoms with Crippen LogP contribution in [0.2, 0.25) is 0 Å². The Balaban J connectivity index is 2.01. The zero-order chi connectivity index (χ0) is 19.5. The Morgan fingerprint density at radius 3 is 2.81 bits per heavy atom. The topological polar surface area (TPSA) is 46.9 Å². The van der Waals surface area contributed by atoms with Crippen LogP contribution in [0.4, 0.5) is 0 Å². The summed E-state index contributed by atoms with van der Waals surface area (Å²) < 4.78 is 12.9. The molecule has 5 nitrogen and oxygen atoms in total. The van der Waals surface area contributed by atoms with Crippen molar-refractivity contribution in [2.24, 2.45) is 0 Å². The largest absolute Gasteiger partial charge is 0.389 e. The number of benzene rings is 1. The Morgan fingerprint density at radius 2 is 2.07 bits per heavy atom. The molecule has 0 bridgehead atoms. The Kier molecular flexibility index (Phi) is 9.28. The summed E-state index contributed by atoms with van der Waals surface area (Å²) in [7, 11) is 1.70. The van der Waals surface area contributed by atoms with Crippen LogP contribution in [0.3, 0.4) is 0 Å². The molecule has 0 amide bonds. The number of rotatable bonds is 13. The molecule has 0 radical (unpaired) electrons. The van der Waals surface area contributed by atoms with Crippen LogP contribution in [0.5, 0.6) is 0 Å². The van der Waals surface area contributed by atoms with Gasteiger partial charge in [-0.15, -0.1) is 6.58 Å². The molecule has 1 atom stereocenters. The summed E-state index contributed by atoms with van der Waals surface area (Å²) in [5, 5.41) is 10.3. The fourth-order valence-corrected chi connectivity index (χ4v) is 3.04. The van der Waals surface area contributed by atoms with E-state index in [2.05, 4.69) is 65.6 Å². The van der Waals surface area contributed by atoms with E-state index >= 15 is 0 Å². The number of aromatic nitrogens is 1. The summed E-state index contributed by atoms with van der Waals surface area (Å²) in [6.45, 7) is 10.0. The number of aliphatic hydroxyl groups is 1. The zero-order valence-corrected chi connectivity index (χ0v) is 16.5. The Hall–Kier alpha value is -1.92. The number of aliphatic hydroxyl groups excluding tert-OH is 1. The van der Waals surface area contributed by atoms with Gasteiger partial charge in [-0.2, -0.15) is 0 Å². The number of ether oxygens (including phenoxy) is 2. The minimum Gasteiger partial charge on any atom is -0.389 e. The fourth-order valence-electron chi connectivity index (χ4n) is 3.04. The minimum absolute atomic E-state index is 0.305. The molecule has 0 aliphatic carbocycles. The van der Waals surface area contributed by atoms with Crippen LogP contribution in [0.25, 0.3) is 0 Å². The third-order valence-electron chi connectivity index (χ3n) is 4.54. The van der Waals surface area contributed by atoms with Gasteiger partial charge in [-0.25, -0.2) is 0 Å². The van der Waals surface area contributed by atoms with Gasteiger partial charge in [0.05, 0.1) is 25.9 Å². The van der Waals surface area contributed by atoms with Crippen molar-refractivity contribution in [3.63, 3.8) is 0 Å². The van der Waals surface area contributed by atoms with Crippen LogP contribution in [0.1, 0.15) is 16.8 Å². The molecular weight excluding hydrogens is 340 g/mol. The van der Waals surface area contributed by atoms with Gasteiger partial charge >= 0.3 is 0 Å². The number of hydrogen-bond acceptors (Lipinski definition) is 4. The van der Waals surface area contributed by atoms with E-state index in [1.807, 2.05) is 0 Å². The summed E-state index contributed by atoms with van der Waals surface area (Å²) in [5.41, 5.74) is 3.83. The first-order valence-electron chi connectivity index (χ1n) is 9.40. The van der Waals surface area contributed by atoms with Crippen molar-refractivity contribution in [1.82, 2.24) is 9.47 Å². The molecule has 1 heterocycles. The molecular formula is C22H32N2O3. The predicted octanol–water partition coefficient (Wildman–Crippen LogP) is 2.86. The quantitative estimate of drug-likeness (QED) is 0.434. The van der Waals surface area contributed by atoms with Crippen LogP contribution in [-0.2, 0) is 22.6 Å². The van der Waals surface area contributed by atoms with Gasteiger partial charge in [-0.3, -0.25) is 4.90 Å². The molecule has 1 aromatic carbocycles. The summed E-state index contributed by atoms with van der Waals surface area (Å²) in [6, 6.07) is 12.7. The molecule has 27 heavy (non-hydrogen) atoms. The highest BCUT2D eigenvalue weighted by Gasteiger charge is 2.14. The lowest BCUT2D eigenvalue weighted by molar-refractivity contribution is 0.0189. The van der Waals surface area contributed by atoms with E-state index in [-0.39, 0.29) is 0 Å². The normalized spacial score (nSPS) is 12.4. The first-order chi connectivity index (χ1) is 13.1. The Morgan fingerprint density at radius 1 is 1.26 bits per heavy atom. The Bertz CT molecular complexity index is 684. The average molecular weight is 373 g/mol. The summed E-state index contributed by atoms with van der Waals surface area (Å²) in [5.74, 6) is 0. The summed E-state index contributed by atoms with van der Waals surface area (Å²) >= 11 is 0. The van der Waals surface area contributed by atoms with Crippen molar-refractivity contribution in [2.75, 3.05) is 40.0 Å². The molecule has 1 unspecified atom stereocenters. The van der Waals surface area contributed by atoms with Crippen LogP contribution in [0, 0.1) is 6.92 Å². The second-order valence-electron chi connectivity index (χ2n) is 6.76. The molecule has 1 aromatic heterocycles. The number of aryl methyl sites for hydroxylation is 1. The molecule has 0 saturated carbocycles. The lowest BCUT2D eigenvalue weighted by Crippen LogP contribution is -2.37. The van der Waals surface area contributed by atoms with Crippen molar-refractivity contribution < 1.29 is 14.6 Å². The molecule has 148 valence electrons. The van der Waals surface area contributed by atoms with E-state index in [1.54, 1.807) is 13.2 Å². The molecule has 0 spiro atoms. The van der Waals surface area contributed by atoms with E-state index in [1.165, 1.54) is 16.8 Å². The maximum Gasteiger partial charge on any atom is 0.0900 e. The number of nitrogens with zero attached hydrogens (tertiary/aromatic N) is 2. The molecule has 2 rings (SSSR count). The van der Waals surface area contributed by atoms with Crippen molar-refractivity contribution in [1.29, 1.82) is 0 Å². The first-order valence-corrected chi connectivity index (χ1v) is 9.40. The minimum atomic E-state index is -0.540. The maximum absolute atomic E-state index is 10.3. The monoisotopic (exact) mass is 372 g/mol. The van der Waals surface area contributed by atoms with E-state index in [0.29, 0.717) is 26.4 Å². The van der Waals surface area contributed by atoms with Crippen molar-refractivity contribution in [2.45, 2.75) is 26.1 Å². The lowest BCUT2D eigenvalue weighted by Gasteiger charge is -2.25. The second kappa shape index (κ2) is 11.7. The maximum atomic E-state index is 10.3. The lowest BCUT2D eigenvalue weighted by atomic mass is 10.1. The van der Waals surface area contributed by atoms with E-state index < -0.39 is 6.10 Å². The third-order valence-corrected chi connectivity index (χ3v) is 4.54. The van der Waals surface area contributed by atoms with Crippen LogP contribution in [-0.4, -0.2) is 60.7 Å². The standard InChI is InChI=1S/C22H32N2O3/c1-4-13-27-18-22(25)17-23(12-14-26-3)16-21-10-7-11-24(21)15-20-9-6-5-8-19(20)2/h4-11,22,25H,1,12-18H2,2-3H3. The predicted molar refractivity (Wildman–Crippen MR) is 109 cm³/mol. The van der Waals surface area contributed by atoms with E-state index in [0.717, 1.165) is 19.6 Å². The highest BCUT2D eigenvalue weighted by atomic mass is 16.5. The third kappa shape index (κ3) is 7.31. The molecule has 2 aromatic rings. The highest BCUT2D eigenvalue weighted by Crippen LogP contribution is 2.14. The molecule has 0 aliphatic heterocycles. The van der Waals surface area contributed by atoms with Crippen molar-refractivity contribution in [3.8, 4) is 0 Å². The Labute approximate surface area is 162 Å². The van der Waals surface area contributed by atoms with Crippen LogP contribution < -0.4 is 0 Å². The summed E-state index contributed by atoms with van der Waals surface area (Å²) in [6.07, 6.45) is 3.26. The van der Waals surface area contributed by atoms with Gasteiger partial charge in [0.25, 0.3) is 0 Å². The number of methoxy groups -OCH3 is 1. The van der Waals surface area contributed by atoms with Gasteiger partial charge in [-0.05, 0) is 30.2 Å². The highest BCUT2D eigenvalue weighted by molar-refractivity contribution is 5.26. The molecule has 0 saturated heterocycles. The second-order valence-corrected chi connectivity index (χ2v) is 6.76. The van der Waals surface area contributed by atoms with Crippen LogP contribution >= 0.6 is 0 Å². The van der Waals surface area contributed by atoms with Crippen molar-refractivity contribution >= 4 is 0 Å².